The number of phenolic OH excluding ortho intramolecular Hbond substituents is 1. The summed E-state index contributed by atoms with van der Waals surface area (Å²) in [6.45, 7) is 2.73. The lowest BCUT2D eigenvalue weighted by Gasteiger charge is -2.10. The van der Waals surface area contributed by atoms with Gasteiger partial charge in [-0.15, -0.1) is 13.2 Å². The van der Waals surface area contributed by atoms with Gasteiger partial charge >= 0.3 is 6.36 Å². The first kappa shape index (κ1) is 14.2. The van der Waals surface area contributed by atoms with Crippen LogP contribution in [-0.4, -0.2) is 21.2 Å². The highest BCUT2D eigenvalue weighted by Gasteiger charge is 2.31. The first-order valence-corrected chi connectivity index (χ1v) is 6.00. The number of aromatic hydroxyl groups is 1. The second-order valence-corrected chi connectivity index (χ2v) is 4.22. The van der Waals surface area contributed by atoms with Crippen LogP contribution in [0.3, 0.4) is 0 Å². The molecule has 0 aliphatic carbocycles. The fourth-order valence-corrected chi connectivity index (χ4v) is 1.81. The second kappa shape index (κ2) is 5.44. The summed E-state index contributed by atoms with van der Waals surface area (Å²) in [5.74, 6) is -0.748. The molecule has 0 amide bonds. The number of benzene rings is 1. The standard InChI is InChI=1S/C13H13F3N2O2/c1-2-5-18-8-9(7-17-18)11-4-3-10(6-12(11)19)20-13(14,15)16/h3-4,6-8,19H,2,5H2,1H3. The topological polar surface area (TPSA) is 47.3 Å². The minimum Gasteiger partial charge on any atom is -0.507 e. The van der Waals surface area contributed by atoms with Crippen LogP contribution in [0.4, 0.5) is 13.2 Å². The molecule has 2 rings (SSSR count). The molecule has 108 valence electrons. The van der Waals surface area contributed by atoms with E-state index in [0.717, 1.165) is 25.1 Å². The molecule has 2 aromatic rings. The number of nitrogens with zero attached hydrogens (tertiary/aromatic N) is 2. The number of alkyl halides is 3. The zero-order valence-corrected chi connectivity index (χ0v) is 10.7. The minimum atomic E-state index is -4.78. The number of hydrogen-bond acceptors (Lipinski definition) is 3. The molecule has 0 bridgehead atoms. The van der Waals surface area contributed by atoms with E-state index in [4.69, 9.17) is 0 Å². The third kappa shape index (κ3) is 3.43. The third-order valence-corrected chi connectivity index (χ3v) is 2.60. The van der Waals surface area contributed by atoms with Crippen LogP contribution in [0.2, 0.25) is 0 Å². The number of rotatable bonds is 4. The van der Waals surface area contributed by atoms with Crippen molar-refractivity contribution in [3.63, 3.8) is 0 Å². The van der Waals surface area contributed by atoms with Crippen LogP contribution in [0.25, 0.3) is 11.1 Å². The molecular weight excluding hydrogens is 273 g/mol. The van der Waals surface area contributed by atoms with Gasteiger partial charge < -0.3 is 9.84 Å². The average molecular weight is 286 g/mol. The average Bonchev–Trinajstić information content (AvgIpc) is 2.76. The number of aryl methyl sites for hydroxylation is 1. The maximum absolute atomic E-state index is 12.1. The van der Waals surface area contributed by atoms with Crippen LogP contribution in [-0.2, 0) is 6.54 Å². The van der Waals surface area contributed by atoms with Crippen molar-refractivity contribution >= 4 is 0 Å². The lowest BCUT2D eigenvalue weighted by Crippen LogP contribution is -2.16. The molecular formula is C13H13F3N2O2. The number of ether oxygens (including phenoxy) is 1. The van der Waals surface area contributed by atoms with E-state index < -0.39 is 12.1 Å². The van der Waals surface area contributed by atoms with Gasteiger partial charge in [-0.1, -0.05) is 6.92 Å². The molecule has 7 heteroatoms. The zero-order chi connectivity index (χ0) is 14.8. The Bertz CT molecular complexity index is 594. The van der Waals surface area contributed by atoms with E-state index in [1.54, 1.807) is 17.1 Å². The second-order valence-electron chi connectivity index (χ2n) is 4.22. The summed E-state index contributed by atoms with van der Waals surface area (Å²) in [5.41, 5.74) is 1.04. The van der Waals surface area contributed by atoms with Gasteiger partial charge in [-0.2, -0.15) is 5.10 Å². The van der Waals surface area contributed by atoms with Crippen LogP contribution < -0.4 is 4.74 Å². The molecule has 0 saturated heterocycles. The largest absolute Gasteiger partial charge is 0.573 e. The highest BCUT2D eigenvalue weighted by molar-refractivity contribution is 5.69. The van der Waals surface area contributed by atoms with Crippen LogP contribution in [0.15, 0.2) is 30.6 Å². The molecule has 1 aromatic carbocycles. The van der Waals surface area contributed by atoms with E-state index in [9.17, 15) is 18.3 Å². The normalized spacial score (nSPS) is 11.6. The molecule has 1 N–H and O–H groups in total. The van der Waals surface area contributed by atoms with E-state index >= 15 is 0 Å². The predicted molar refractivity (Wildman–Crippen MR) is 66.3 cm³/mol. The number of aromatic nitrogens is 2. The van der Waals surface area contributed by atoms with E-state index in [1.165, 1.54) is 6.07 Å². The Labute approximate surface area is 113 Å². The van der Waals surface area contributed by atoms with Gasteiger partial charge in [0.1, 0.15) is 11.5 Å². The van der Waals surface area contributed by atoms with Crippen molar-refractivity contribution in [1.82, 2.24) is 9.78 Å². The first-order chi connectivity index (χ1) is 9.39. The molecule has 0 atom stereocenters. The van der Waals surface area contributed by atoms with Crippen molar-refractivity contribution in [2.24, 2.45) is 0 Å². The summed E-state index contributed by atoms with van der Waals surface area (Å²) in [6.07, 6.45) is -0.594. The third-order valence-electron chi connectivity index (χ3n) is 2.60. The van der Waals surface area contributed by atoms with Crippen molar-refractivity contribution in [3.05, 3.63) is 30.6 Å². The molecule has 0 spiro atoms. The lowest BCUT2D eigenvalue weighted by molar-refractivity contribution is -0.274. The Balaban J connectivity index is 2.24. The minimum absolute atomic E-state index is 0.289. The molecule has 1 aromatic heterocycles. The molecule has 0 radical (unpaired) electrons. The molecule has 0 saturated carbocycles. The number of phenols is 1. The SMILES string of the molecule is CCCn1cc(-c2ccc(OC(F)(F)F)cc2O)cn1. The van der Waals surface area contributed by atoms with Gasteiger partial charge in [-0.05, 0) is 18.6 Å². The maximum atomic E-state index is 12.1. The van der Waals surface area contributed by atoms with Gasteiger partial charge in [0.05, 0.1) is 6.20 Å². The van der Waals surface area contributed by atoms with Crippen LogP contribution in [0, 0.1) is 0 Å². The fourth-order valence-electron chi connectivity index (χ4n) is 1.81. The number of hydrogen-bond donors (Lipinski definition) is 1. The lowest BCUT2D eigenvalue weighted by atomic mass is 10.1. The van der Waals surface area contributed by atoms with E-state index in [1.807, 2.05) is 6.92 Å². The first-order valence-electron chi connectivity index (χ1n) is 6.00. The van der Waals surface area contributed by atoms with Gasteiger partial charge in [-0.3, -0.25) is 4.68 Å². The smallest absolute Gasteiger partial charge is 0.507 e. The summed E-state index contributed by atoms with van der Waals surface area (Å²) < 4.78 is 41.6. The zero-order valence-electron chi connectivity index (χ0n) is 10.7. The Morgan fingerprint density at radius 2 is 2.10 bits per heavy atom. The highest BCUT2D eigenvalue weighted by atomic mass is 19.4. The fraction of sp³-hybridized carbons (Fsp3) is 0.308. The van der Waals surface area contributed by atoms with Crippen molar-refractivity contribution in [3.8, 4) is 22.6 Å². The summed E-state index contributed by atoms with van der Waals surface area (Å²) in [7, 11) is 0. The van der Waals surface area contributed by atoms with Gasteiger partial charge in [-0.25, -0.2) is 0 Å². The van der Waals surface area contributed by atoms with Gasteiger partial charge in [0.15, 0.2) is 0 Å². The van der Waals surface area contributed by atoms with Crippen molar-refractivity contribution < 1.29 is 23.0 Å². The molecule has 20 heavy (non-hydrogen) atoms. The molecule has 0 unspecified atom stereocenters. The van der Waals surface area contributed by atoms with E-state index in [2.05, 4.69) is 9.84 Å². The Morgan fingerprint density at radius 1 is 1.35 bits per heavy atom. The highest BCUT2D eigenvalue weighted by Crippen LogP contribution is 2.34. The molecule has 1 heterocycles. The summed E-state index contributed by atoms with van der Waals surface area (Å²) in [5, 5.41) is 13.9. The monoisotopic (exact) mass is 286 g/mol. The predicted octanol–water partition coefficient (Wildman–Crippen LogP) is 3.56. The molecule has 0 aliphatic rings. The summed E-state index contributed by atoms with van der Waals surface area (Å²) >= 11 is 0. The maximum Gasteiger partial charge on any atom is 0.573 e. The van der Waals surface area contributed by atoms with Gasteiger partial charge in [0.25, 0.3) is 0 Å². The van der Waals surface area contributed by atoms with Crippen LogP contribution >= 0.6 is 0 Å². The molecule has 0 aliphatic heterocycles. The Kier molecular flexibility index (Phi) is 3.87. The Hall–Kier alpha value is -2.18. The van der Waals surface area contributed by atoms with E-state index in [-0.39, 0.29) is 5.75 Å². The summed E-state index contributed by atoms with van der Waals surface area (Å²) in [6, 6.07) is 3.45. The van der Waals surface area contributed by atoms with Gasteiger partial charge in [0.2, 0.25) is 0 Å². The molecule has 4 nitrogen and oxygen atoms in total. The molecule has 0 fully saturated rings. The van der Waals surface area contributed by atoms with Crippen LogP contribution in [0.1, 0.15) is 13.3 Å². The summed E-state index contributed by atoms with van der Waals surface area (Å²) in [4.78, 5) is 0. The van der Waals surface area contributed by atoms with Crippen LogP contribution in [0.5, 0.6) is 11.5 Å². The number of halogens is 3. The Morgan fingerprint density at radius 3 is 2.70 bits per heavy atom. The van der Waals surface area contributed by atoms with Crippen molar-refractivity contribution in [1.29, 1.82) is 0 Å². The van der Waals surface area contributed by atoms with Gasteiger partial charge in [0, 0.05) is 29.9 Å². The van der Waals surface area contributed by atoms with E-state index in [0.29, 0.717) is 11.1 Å². The van der Waals surface area contributed by atoms with Crippen molar-refractivity contribution in [2.75, 3.05) is 0 Å². The quantitative estimate of drug-likeness (QED) is 0.934. The van der Waals surface area contributed by atoms with Crippen molar-refractivity contribution in [2.45, 2.75) is 26.3 Å².